The van der Waals surface area contributed by atoms with Gasteiger partial charge in [0.2, 0.25) is 0 Å². The van der Waals surface area contributed by atoms with Crippen molar-refractivity contribution in [3.05, 3.63) is 206 Å². The molecule has 0 radical (unpaired) electrons. The van der Waals surface area contributed by atoms with E-state index in [9.17, 15) is 0 Å². The lowest BCUT2D eigenvalue weighted by molar-refractivity contribution is 0.663. The molecule has 13 rings (SSSR count). The fraction of sp³-hybridized carbons (Fsp3) is 0. The molecule has 0 atom stereocenters. The van der Waals surface area contributed by atoms with E-state index in [1.807, 2.05) is 12.1 Å². The van der Waals surface area contributed by atoms with Crippen LogP contribution >= 0.6 is 0 Å². The van der Waals surface area contributed by atoms with Crippen molar-refractivity contribution in [3.8, 4) is 44.5 Å². The molecule has 0 aliphatic rings. The van der Waals surface area contributed by atoms with Crippen LogP contribution in [0.3, 0.4) is 0 Å². The summed E-state index contributed by atoms with van der Waals surface area (Å²) in [6, 6.07) is 74.6. The van der Waals surface area contributed by atoms with Crippen LogP contribution in [0.4, 0.5) is 0 Å². The third kappa shape index (κ3) is 4.76. The molecule has 0 saturated carbocycles. The minimum Gasteiger partial charge on any atom is -0.456 e. The van der Waals surface area contributed by atoms with Crippen molar-refractivity contribution >= 4 is 87.0 Å². The van der Waals surface area contributed by atoms with E-state index in [0.717, 1.165) is 54.8 Å². The zero-order valence-electron chi connectivity index (χ0n) is 32.4. The van der Waals surface area contributed by atoms with Crippen LogP contribution in [-0.2, 0) is 0 Å². The summed E-state index contributed by atoms with van der Waals surface area (Å²) in [6.07, 6.45) is 0. The van der Waals surface area contributed by atoms with E-state index >= 15 is 0 Å². The lowest BCUT2D eigenvalue weighted by Crippen LogP contribution is -1.93. The van der Waals surface area contributed by atoms with E-state index in [4.69, 9.17) is 8.83 Å². The Morgan fingerprint density at radius 1 is 0.233 bits per heavy atom. The SMILES string of the molecule is c1ccc(-c2cccc(-c3c4ccccc4c(-c4ccc(-c5cc6oc7ccc8c9ccccc9oc8c7c6c6ccccc56)c5ccccc45)c4ccccc34)c2)cc1. The standard InChI is InChI=1S/C58H34O2/c1-2-15-35(16-3-1)36-17-14-18-37(33-36)54-44-24-8-10-26-46(44)55(47-27-11-9-25-45(47)54)48-30-29-41(38-19-4-5-20-39(38)48)50-34-53-56(43-23-7-6-21-40(43)50)57-52(59-53)32-31-49-42-22-12-13-28-51(42)60-58(49)57/h1-34H. The fourth-order valence-corrected chi connectivity index (χ4v) is 10.1. The molecule has 2 heterocycles. The summed E-state index contributed by atoms with van der Waals surface area (Å²) in [5, 5.41) is 14.0. The molecule has 0 saturated heterocycles. The van der Waals surface area contributed by atoms with Crippen LogP contribution in [0, 0.1) is 0 Å². The first kappa shape index (κ1) is 33.1. The second-order valence-electron chi connectivity index (χ2n) is 15.9. The summed E-state index contributed by atoms with van der Waals surface area (Å²) in [5.74, 6) is 0. The van der Waals surface area contributed by atoms with E-state index in [1.165, 1.54) is 76.6 Å². The van der Waals surface area contributed by atoms with E-state index in [1.54, 1.807) is 0 Å². The van der Waals surface area contributed by atoms with Crippen molar-refractivity contribution in [1.82, 2.24) is 0 Å². The average Bonchev–Trinajstić information content (AvgIpc) is 3.89. The van der Waals surface area contributed by atoms with Crippen molar-refractivity contribution in [1.29, 1.82) is 0 Å². The maximum absolute atomic E-state index is 6.75. The smallest absolute Gasteiger partial charge is 0.147 e. The van der Waals surface area contributed by atoms with Crippen LogP contribution in [0.25, 0.3) is 131 Å². The van der Waals surface area contributed by atoms with Crippen LogP contribution in [0.5, 0.6) is 0 Å². The summed E-state index contributed by atoms with van der Waals surface area (Å²) in [7, 11) is 0. The summed E-state index contributed by atoms with van der Waals surface area (Å²) in [5.41, 5.74) is 13.1. The number of furan rings is 2. The largest absolute Gasteiger partial charge is 0.456 e. The number of hydrogen-bond acceptors (Lipinski definition) is 2. The van der Waals surface area contributed by atoms with Crippen molar-refractivity contribution < 1.29 is 8.83 Å². The van der Waals surface area contributed by atoms with Crippen LogP contribution in [0.1, 0.15) is 0 Å². The normalized spacial score (nSPS) is 12.0. The topological polar surface area (TPSA) is 26.3 Å². The van der Waals surface area contributed by atoms with Gasteiger partial charge in [0, 0.05) is 16.2 Å². The molecule has 0 spiro atoms. The first-order valence-electron chi connectivity index (χ1n) is 20.6. The lowest BCUT2D eigenvalue weighted by atomic mass is 9.83. The molecule has 0 N–H and O–H groups in total. The molecule has 0 fully saturated rings. The highest BCUT2D eigenvalue weighted by molar-refractivity contribution is 6.30. The number of hydrogen-bond donors (Lipinski definition) is 0. The maximum Gasteiger partial charge on any atom is 0.147 e. The third-order valence-electron chi connectivity index (χ3n) is 12.7. The second kappa shape index (κ2) is 12.8. The molecule has 0 aliphatic heterocycles. The van der Waals surface area contributed by atoms with E-state index in [2.05, 4.69) is 194 Å². The molecule has 0 unspecified atom stereocenters. The van der Waals surface area contributed by atoms with Crippen molar-refractivity contribution in [2.24, 2.45) is 0 Å². The van der Waals surface area contributed by atoms with Gasteiger partial charge in [-0.25, -0.2) is 0 Å². The Kier molecular flexibility index (Phi) is 7.05. The monoisotopic (exact) mass is 762 g/mol. The molecule has 60 heavy (non-hydrogen) atoms. The van der Waals surface area contributed by atoms with Gasteiger partial charge in [0.25, 0.3) is 0 Å². The Labute approximate surface area is 345 Å². The summed E-state index contributed by atoms with van der Waals surface area (Å²) >= 11 is 0. The predicted octanol–water partition coefficient (Wildman–Crippen LogP) is 16.8. The maximum atomic E-state index is 6.75. The van der Waals surface area contributed by atoms with E-state index in [0.29, 0.717) is 0 Å². The Balaban J connectivity index is 1.06. The number of benzene rings is 11. The predicted molar refractivity (Wildman–Crippen MR) is 253 cm³/mol. The van der Waals surface area contributed by atoms with Gasteiger partial charge in [-0.15, -0.1) is 0 Å². The zero-order valence-corrected chi connectivity index (χ0v) is 32.4. The molecule has 0 bridgehead atoms. The van der Waals surface area contributed by atoms with Gasteiger partial charge < -0.3 is 8.83 Å². The highest BCUT2D eigenvalue weighted by atomic mass is 16.3. The molecule has 2 heteroatoms. The van der Waals surface area contributed by atoms with Gasteiger partial charge >= 0.3 is 0 Å². The third-order valence-corrected chi connectivity index (χ3v) is 12.7. The number of rotatable bonds is 4. The van der Waals surface area contributed by atoms with Gasteiger partial charge in [-0.1, -0.05) is 176 Å². The Bertz CT molecular complexity index is 3830. The second-order valence-corrected chi connectivity index (χ2v) is 15.9. The minimum atomic E-state index is 0.827. The minimum absolute atomic E-state index is 0.827. The van der Waals surface area contributed by atoms with Crippen LogP contribution in [0.15, 0.2) is 215 Å². The first-order valence-corrected chi connectivity index (χ1v) is 20.6. The molecular formula is C58H34O2. The zero-order chi connectivity index (χ0) is 39.3. The number of fused-ring (bicyclic) bond motifs is 12. The molecule has 0 amide bonds. The van der Waals surface area contributed by atoms with E-state index in [-0.39, 0.29) is 0 Å². The van der Waals surface area contributed by atoms with Crippen molar-refractivity contribution in [3.63, 3.8) is 0 Å². The molecule has 13 aromatic rings. The van der Waals surface area contributed by atoms with Crippen LogP contribution in [-0.4, -0.2) is 0 Å². The van der Waals surface area contributed by atoms with Crippen LogP contribution in [0.2, 0.25) is 0 Å². The van der Waals surface area contributed by atoms with Crippen molar-refractivity contribution in [2.75, 3.05) is 0 Å². The molecule has 11 aromatic carbocycles. The van der Waals surface area contributed by atoms with Gasteiger partial charge in [-0.3, -0.25) is 0 Å². The van der Waals surface area contributed by atoms with Gasteiger partial charge in [-0.2, -0.15) is 0 Å². The number of para-hydroxylation sites is 1. The summed E-state index contributed by atoms with van der Waals surface area (Å²) < 4.78 is 13.3. The van der Waals surface area contributed by atoms with E-state index < -0.39 is 0 Å². The first-order chi connectivity index (χ1) is 29.8. The Morgan fingerprint density at radius 2 is 0.767 bits per heavy atom. The van der Waals surface area contributed by atoms with Gasteiger partial charge in [0.05, 0.1) is 5.39 Å². The summed E-state index contributed by atoms with van der Waals surface area (Å²) in [6.45, 7) is 0. The Morgan fingerprint density at radius 3 is 1.48 bits per heavy atom. The molecule has 278 valence electrons. The van der Waals surface area contributed by atoms with Gasteiger partial charge in [0.1, 0.15) is 22.3 Å². The van der Waals surface area contributed by atoms with Gasteiger partial charge in [-0.05, 0) is 118 Å². The molecule has 0 aliphatic carbocycles. The quantitative estimate of drug-likeness (QED) is 0.167. The average molecular weight is 763 g/mol. The lowest BCUT2D eigenvalue weighted by Gasteiger charge is -2.20. The van der Waals surface area contributed by atoms with Gasteiger partial charge in [0.15, 0.2) is 0 Å². The molecular weight excluding hydrogens is 729 g/mol. The highest BCUT2D eigenvalue weighted by Gasteiger charge is 2.23. The highest BCUT2D eigenvalue weighted by Crippen LogP contribution is 2.49. The Hall–Kier alpha value is -7.94. The molecule has 2 aromatic heterocycles. The summed E-state index contributed by atoms with van der Waals surface area (Å²) in [4.78, 5) is 0. The fourth-order valence-electron chi connectivity index (χ4n) is 10.1. The van der Waals surface area contributed by atoms with Crippen LogP contribution < -0.4 is 0 Å². The molecule has 2 nitrogen and oxygen atoms in total. The van der Waals surface area contributed by atoms with Crippen molar-refractivity contribution in [2.45, 2.75) is 0 Å².